The van der Waals surface area contributed by atoms with E-state index in [1.165, 1.54) is 0 Å². The number of methoxy groups -OCH3 is 2. The zero-order valence-electron chi connectivity index (χ0n) is 19.5. The summed E-state index contributed by atoms with van der Waals surface area (Å²) in [6.07, 6.45) is 7.12. The van der Waals surface area contributed by atoms with Crippen LogP contribution in [-0.2, 0) is 0 Å². The highest BCUT2D eigenvalue weighted by Gasteiger charge is 2.15. The monoisotopic (exact) mass is 528 g/mol. The lowest BCUT2D eigenvalue weighted by atomic mass is 10.2. The molecule has 0 aliphatic rings. The van der Waals surface area contributed by atoms with Gasteiger partial charge in [0.2, 0.25) is 0 Å². The Labute approximate surface area is 216 Å². The maximum atomic E-state index is 12.4. The molecule has 182 valence electrons. The molecule has 0 spiro atoms. The molecule has 2 amide bonds. The number of ether oxygens (including phenoxy) is 2. The summed E-state index contributed by atoms with van der Waals surface area (Å²) in [7, 11) is 3.13. The number of thiophene rings is 1. The molecule has 0 saturated heterocycles. The van der Waals surface area contributed by atoms with Crippen molar-refractivity contribution in [3.63, 3.8) is 0 Å². The first-order valence-corrected chi connectivity index (χ1v) is 13.5. The highest BCUT2D eigenvalue weighted by molar-refractivity contribution is 8.02. The Hall–Kier alpha value is -3.28. The number of rotatable bonds is 10. The summed E-state index contributed by atoms with van der Waals surface area (Å²) in [5.74, 6) is 0.662. The van der Waals surface area contributed by atoms with Crippen LogP contribution in [0.3, 0.4) is 0 Å². The van der Waals surface area contributed by atoms with Gasteiger partial charge in [-0.2, -0.15) is 10.2 Å². The molecule has 0 aliphatic carbocycles. The van der Waals surface area contributed by atoms with Crippen molar-refractivity contribution in [3.8, 4) is 11.5 Å². The van der Waals surface area contributed by atoms with Crippen LogP contribution in [-0.4, -0.2) is 51.0 Å². The van der Waals surface area contributed by atoms with Crippen molar-refractivity contribution in [2.24, 2.45) is 10.2 Å². The maximum absolute atomic E-state index is 12.4. The van der Waals surface area contributed by atoms with E-state index in [0.717, 1.165) is 19.5 Å². The first-order valence-electron chi connectivity index (χ1n) is 10.2. The number of carbonyl (C=O) groups is 2. The smallest absolute Gasteiger partial charge is 0.271 e. The van der Waals surface area contributed by atoms with Gasteiger partial charge in [0.15, 0.2) is 0 Å². The van der Waals surface area contributed by atoms with Gasteiger partial charge in [0.1, 0.15) is 11.5 Å². The minimum absolute atomic E-state index is 0.336. The maximum Gasteiger partial charge on any atom is 0.271 e. The van der Waals surface area contributed by atoms with E-state index in [1.54, 1.807) is 110 Å². The third kappa shape index (κ3) is 6.87. The van der Waals surface area contributed by atoms with Crippen molar-refractivity contribution in [2.45, 2.75) is 8.42 Å². The Bertz CT molecular complexity index is 1130. The Balaban J connectivity index is 1.74. The average molecular weight is 529 g/mol. The number of hydrogen-bond donors (Lipinski definition) is 2. The van der Waals surface area contributed by atoms with Gasteiger partial charge in [-0.3, -0.25) is 9.59 Å². The van der Waals surface area contributed by atoms with Crippen LogP contribution < -0.4 is 20.3 Å². The molecule has 0 bridgehead atoms. The van der Waals surface area contributed by atoms with E-state index in [9.17, 15) is 9.59 Å². The Kier molecular flexibility index (Phi) is 9.76. The Morgan fingerprint density at radius 3 is 1.43 bits per heavy atom. The molecule has 0 aliphatic heterocycles. The second-order valence-corrected chi connectivity index (χ2v) is 9.94. The summed E-state index contributed by atoms with van der Waals surface area (Å²) in [5, 5.41) is 8.30. The minimum Gasteiger partial charge on any atom is -0.497 e. The fourth-order valence-corrected chi connectivity index (χ4v) is 5.69. The predicted molar refractivity (Wildman–Crippen MR) is 144 cm³/mol. The Morgan fingerprint density at radius 2 is 1.11 bits per heavy atom. The zero-order valence-corrected chi connectivity index (χ0v) is 22.0. The van der Waals surface area contributed by atoms with Crippen LogP contribution in [0.1, 0.15) is 31.8 Å². The van der Waals surface area contributed by atoms with Crippen LogP contribution in [0.4, 0.5) is 0 Å². The van der Waals surface area contributed by atoms with Gasteiger partial charge in [-0.1, -0.05) is 0 Å². The molecule has 11 heteroatoms. The molecule has 0 saturated carbocycles. The Morgan fingerprint density at radius 1 is 0.743 bits per heavy atom. The molecule has 3 rings (SSSR count). The van der Waals surface area contributed by atoms with E-state index in [0.29, 0.717) is 22.6 Å². The van der Waals surface area contributed by atoms with Gasteiger partial charge in [0, 0.05) is 22.3 Å². The van der Waals surface area contributed by atoms with Crippen molar-refractivity contribution in [3.05, 3.63) is 70.8 Å². The van der Waals surface area contributed by atoms with Crippen molar-refractivity contribution >= 4 is 59.1 Å². The molecule has 3 aromatic rings. The van der Waals surface area contributed by atoms with E-state index in [1.807, 2.05) is 12.5 Å². The van der Waals surface area contributed by atoms with Crippen molar-refractivity contribution in [2.75, 3.05) is 26.7 Å². The number of amides is 2. The van der Waals surface area contributed by atoms with Crippen LogP contribution in [0.5, 0.6) is 11.5 Å². The zero-order chi connectivity index (χ0) is 25.2. The number of benzene rings is 2. The molecule has 2 N–H and O–H groups in total. The third-order valence-corrected chi connectivity index (χ3v) is 8.20. The SMILES string of the molecule is COc1ccc(C(=O)N/N=C\c2c(SC)sc(SC)c2/C=N\NC(=O)c2ccc(OC)cc2)cc1. The fourth-order valence-electron chi connectivity index (χ4n) is 2.89. The number of nitrogens with zero attached hydrogens (tertiary/aromatic N) is 2. The van der Waals surface area contributed by atoms with E-state index >= 15 is 0 Å². The molecule has 35 heavy (non-hydrogen) atoms. The number of hydrazone groups is 2. The lowest BCUT2D eigenvalue weighted by Crippen LogP contribution is -2.18. The van der Waals surface area contributed by atoms with E-state index in [4.69, 9.17) is 9.47 Å². The number of hydrogen-bond acceptors (Lipinski definition) is 9. The third-order valence-electron chi connectivity index (χ3n) is 4.71. The highest BCUT2D eigenvalue weighted by atomic mass is 32.2. The van der Waals surface area contributed by atoms with Crippen molar-refractivity contribution in [1.82, 2.24) is 10.9 Å². The molecular formula is C24H24N4O4S3. The lowest BCUT2D eigenvalue weighted by Gasteiger charge is -2.03. The topological polar surface area (TPSA) is 101 Å². The molecular weight excluding hydrogens is 504 g/mol. The molecule has 0 radical (unpaired) electrons. The van der Waals surface area contributed by atoms with E-state index in [-0.39, 0.29) is 11.8 Å². The van der Waals surface area contributed by atoms with Gasteiger partial charge in [-0.15, -0.1) is 34.9 Å². The second kappa shape index (κ2) is 13.0. The number of nitrogens with one attached hydrogen (secondary N) is 2. The van der Waals surface area contributed by atoms with Crippen LogP contribution in [0.15, 0.2) is 67.2 Å². The largest absolute Gasteiger partial charge is 0.497 e. The van der Waals surface area contributed by atoms with Crippen LogP contribution >= 0.6 is 34.9 Å². The normalized spacial score (nSPS) is 11.1. The molecule has 0 unspecified atom stereocenters. The van der Waals surface area contributed by atoms with Crippen molar-refractivity contribution in [1.29, 1.82) is 0 Å². The fraction of sp³-hybridized carbons (Fsp3) is 0.167. The van der Waals surface area contributed by atoms with Gasteiger partial charge >= 0.3 is 0 Å². The van der Waals surface area contributed by atoms with Gasteiger partial charge in [-0.25, -0.2) is 10.9 Å². The van der Waals surface area contributed by atoms with Gasteiger partial charge in [0.05, 0.1) is 35.1 Å². The summed E-state index contributed by atoms with van der Waals surface area (Å²) in [6, 6.07) is 13.5. The molecule has 1 aromatic heterocycles. The summed E-state index contributed by atoms with van der Waals surface area (Å²) < 4.78 is 12.3. The van der Waals surface area contributed by atoms with E-state index in [2.05, 4.69) is 21.1 Å². The molecule has 0 fully saturated rings. The first-order chi connectivity index (χ1) is 17.0. The molecule has 8 nitrogen and oxygen atoms in total. The highest BCUT2D eigenvalue weighted by Crippen LogP contribution is 2.38. The summed E-state index contributed by atoms with van der Waals surface area (Å²) in [5.41, 5.74) is 7.65. The quantitative estimate of drug-likeness (QED) is 0.224. The minimum atomic E-state index is -0.336. The first kappa shape index (κ1) is 26.3. The van der Waals surface area contributed by atoms with E-state index < -0.39 is 0 Å². The number of thioether (sulfide) groups is 2. The van der Waals surface area contributed by atoms with Crippen molar-refractivity contribution < 1.29 is 19.1 Å². The molecule has 2 aromatic carbocycles. The summed E-state index contributed by atoms with van der Waals surface area (Å²) in [6.45, 7) is 0. The standard InChI is InChI=1S/C24H24N4O4S3/c1-31-17-9-5-15(6-10-17)21(29)27-25-13-19-20(24(34-4)35-23(19)33-3)14-26-28-22(30)16-7-11-18(32-2)12-8-16/h5-14H,1-4H3,(H,27,29)(H,28,30)/b25-13-,26-14-. The summed E-state index contributed by atoms with van der Waals surface area (Å²) in [4.78, 5) is 24.8. The molecule has 0 atom stereocenters. The van der Waals surface area contributed by atoms with Crippen LogP contribution in [0, 0.1) is 0 Å². The number of carbonyl (C=O) groups excluding carboxylic acids is 2. The average Bonchev–Trinajstić information content (AvgIpc) is 3.25. The molecule has 1 heterocycles. The van der Waals surface area contributed by atoms with Gasteiger partial charge < -0.3 is 9.47 Å². The summed E-state index contributed by atoms with van der Waals surface area (Å²) >= 11 is 4.74. The van der Waals surface area contributed by atoms with Gasteiger partial charge in [0.25, 0.3) is 11.8 Å². The van der Waals surface area contributed by atoms with Crippen LogP contribution in [0.2, 0.25) is 0 Å². The lowest BCUT2D eigenvalue weighted by molar-refractivity contribution is 0.0947. The predicted octanol–water partition coefficient (Wildman–Crippen LogP) is 4.74. The second-order valence-electron chi connectivity index (χ2n) is 6.77. The van der Waals surface area contributed by atoms with Gasteiger partial charge in [-0.05, 0) is 61.0 Å². The van der Waals surface area contributed by atoms with Crippen LogP contribution in [0.25, 0.3) is 0 Å².